The van der Waals surface area contributed by atoms with Gasteiger partial charge in [0.05, 0.1) is 53.9 Å². The first kappa shape index (κ1) is 58.3. The van der Waals surface area contributed by atoms with Gasteiger partial charge in [0.25, 0.3) is 5.69 Å². The second kappa shape index (κ2) is 30.5. The van der Waals surface area contributed by atoms with Crippen LogP contribution in [-0.2, 0) is 30.9 Å². The van der Waals surface area contributed by atoms with Gasteiger partial charge >= 0.3 is 12.7 Å². The van der Waals surface area contributed by atoms with E-state index < -0.39 is 27.6 Å². The van der Waals surface area contributed by atoms with E-state index in [0.29, 0.717) is 38.6 Å². The van der Waals surface area contributed by atoms with E-state index >= 15 is 0 Å². The first-order chi connectivity index (χ1) is 30.3. The van der Waals surface area contributed by atoms with Gasteiger partial charge in [-0.25, -0.2) is 18.2 Å². The Labute approximate surface area is 407 Å². The van der Waals surface area contributed by atoms with Crippen LogP contribution in [0.3, 0.4) is 0 Å². The quantitative estimate of drug-likeness (QED) is 0.0569. The van der Waals surface area contributed by atoms with E-state index in [1.807, 2.05) is 6.07 Å². The molecule has 0 fully saturated rings. The van der Waals surface area contributed by atoms with Crippen LogP contribution >= 0.6 is 76.3 Å². The van der Waals surface area contributed by atoms with Crippen LogP contribution in [0, 0.1) is 21.4 Å². The number of hydrogen-bond donors (Lipinski definition) is 2. The highest BCUT2D eigenvalue weighted by molar-refractivity contribution is 8.07. The Balaban J connectivity index is 0.000000419. The maximum absolute atomic E-state index is 12.5. The van der Waals surface area contributed by atoms with E-state index in [0.717, 1.165) is 25.7 Å². The molecule has 0 aliphatic rings. The molecule has 0 bridgehead atoms. The van der Waals surface area contributed by atoms with Crippen molar-refractivity contribution >= 4 is 110 Å². The van der Waals surface area contributed by atoms with Crippen molar-refractivity contribution in [3.8, 4) is 17.6 Å². The average Bonchev–Trinajstić information content (AvgIpc) is 3.87. The van der Waals surface area contributed by atoms with E-state index in [4.69, 9.17) is 110 Å². The molecule has 1 heterocycles. The van der Waals surface area contributed by atoms with E-state index in [-0.39, 0.29) is 37.8 Å². The summed E-state index contributed by atoms with van der Waals surface area (Å²) in [6.45, 7) is 2.40. The molecule has 24 heteroatoms. The van der Waals surface area contributed by atoms with Crippen LogP contribution in [0.25, 0.3) is 0 Å². The summed E-state index contributed by atoms with van der Waals surface area (Å²) in [6.07, 6.45) is 8.82. The molecule has 0 radical (unpaired) electrons. The number of aromatic carboxylic acids is 1. The zero-order chi connectivity index (χ0) is 48.5. The van der Waals surface area contributed by atoms with Gasteiger partial charge in [-0.15, -0.1) is 0 Å². The Morgan fingerprint density at radius 1 is 0.891 bits per heavy atom. The molecule has 348 valence electrons. The zero-order valence-electron chi connectivity index (χ0n) is 34.8. The number of aromatic amines is 1. The fourth-order valence-electron chi connectivity index (χ4n) is 4.48. The molecule has 5 rings (SSSR count). The number of sulfonamides is 1. The number of nitrogens with zero attached hydrogens (tertiary/aromatic N) is 4. The molecule has 5 aromatic rings. The summed E-state index contributed by atoms with van der Waals surface area (Å²) in [5.41, 5.74) is 0.0907. The molecule has 0 aliphatic heterocycles. The minimum Gasteiger partial charge on any atom is -0.494 e. The summed E-state index contributed by atoms with van der Waals surface area (Å²) in [4.78, 5) is 27.4. The number of benzene rings is 4. The Morgan fingerprint density at radius 2 is 1.45 bits per heavy atom. The Bertz CT molecular complexity index is 2380. The number of ether oxygens (including phenoxy) is 1. The molecule has 2 N–H and O–H groups in total. The maximum atomic E-state index is 12.5. The minimum absolute atomic E-state index is 0.0718. The Hall–Kier alpha value is -3.73. The predicted octanol–water partition coefficient (Wildman–Crippen LogP) is 13.1. The zero-order valence-corrected chi connectivity index (χ0v) is 41.9. The van der Waals surface area contributed by atoms with Gasteiger partial charge < -0.3 is 28.4 Å². The highest BCUT2D eigenvalue weighted by atomic mass is 35.5. The van der Waals surface area contributed by atoms with Crippen molar-refractivity contribution < 1.29 is 41.6 Å². The van der Waals surface area contributed by atoms with Crippen molar-refractivity contribution in [2.75, 3.05) is 34.4 Å². The number of non-ortho nitro benzene ring substituents is 1. The molecule has 0 unspecified atom stereocenters. The second-order valence-electron chi connectivity index (χ2n) is 12.1. The highest BCUT2D eigenvalue weighted by Gasteiger charge is 2.24. The lowest BCUT2D eigenvalue weighted by atomic mass is 10.2. The third-order valence-corrected chi connectivity index (χ3v) is 13.8. The fraction of sp³-hybridized carbons (Fsp3) is 0.275. The van der Waals surface area contributed by atoms with Gasteiger partial charge in [0, 0.05) is 68.7 Å². The lowest BCUT2D eigenvalue weighted by Gasteiger charge is -2.21. The van der Waals surface area contributed by atoms with Gasteiger partial charge in [-0.1, -0.05) is 102 Å². The third-order valence-electron chi connectivity index (χ3n) is 7.71. The standard InChI is InChI=1S/C14H22ClNO2S.C8H6Cl2O3.C8H9ClNO5PS.C7H3Cl2N.C3H4N2/c1-3-5-11-16(12-6-4-2)19(17,18)14-9-7-13(15)8-10-14;1-13-7-5(10)3-2-4(9)6(7)8(11)12;1-13-16(17,14-2)15-8-4-3-6(10(11)12)5-7(8)9;8-6-2-1-3-7(9)5(6)4-10;1-2-5-3-4-1/h7-10H,3-6,11-12H2,1-2H3;2-3H,1H3,(H,11,12);3-5H,1-2H3;1-3H;1-3H,(H,4,5). The number of nitriles is 1. The third kappa shape index (κ3) is 19.8. The van der Waals surface area contributed by atoms with E-state index in [2.05, 4.69) is 23.8 Å². The number of carboxylic acids is 1. The normalized spacial score (nSPS) is 10.5. The Morgan fingerprint density at radius 3 is 1.83 bits per heavy atom. The molecular formula is C40H44Cl6N5O10PS2. The molecule has 0 atom stereocenters. The van der Waals surface area contributed by atoms with Gasteiger partial charge in [0.2, 0.25) is 10.0 Å². The molecule has 64 heavy (non-hydrogen) atoms. The number of imidazole rings is 1. The lowest BCUT2D eigenvalue weighted by molar-refractivity contribution is -0.384. The van der Waals surface area contributed by atoms with Crippen LogP contribution in [0.2, 0.25) is 30.1 Å². The number of carbonyl (C=O) groups is 1. The van der Waals surface area contributed by atoms with Crippen LogP contribution in [0.15, 0.2) is 96.4 Å². The van der Waals surface area contributed by atoms with Gasteiger partial charge in [-0.2, -0.15) is 9.57 Å². The molecule has 1 aromatic heterocycles. The smallest absolute Gasteiger partial charge is 0.380 e. The first-order valence-electron chi connectivity index (χ1n) is 18.4. The number of unbranched alkanes of at least 4 members (excludes halogenated alkanes) is 2. The molecule has 0 spiro atoms. The number of carboxylic acid groups (broad SMARTS) is 1. The van der Waals surface area contributed by atoms with Crippen LogP contribution in [0.4, 0.5) is 5.69 Å². The van der Waals surface area contributed by atoms with Crippen molar-refractivity contribution in [1.29, 1.82) is 5.26 Å². The fourth-order valence-corrected chi connectivity index (χ4v) is 8.27. The second-order valence-corrected chi connectivity index (χ2v) is 19.6. The average molecular weight is 1060 g/mol. The summed E-state index contributed by atoms with van der Waals surface area (Å²) < 4.78 is 46.6. The molecule has 4 aromatic carbocycles. The number of aromatic nitrogens is 2. The largest absolute Gasteiger partial charge is 0.494 e. The first-order valence-corrected chi connectivity index (χ1v) is 24.7. The summed E-state index contributed by atoms with van der Waals surface area (Å²) in [5, 5.41) is 29.5. The van der Waals surface area contributed by atoms with Crippen molar-refractivity contribution in [2.45, 2.75) is 44.4 Å². The number of H-pyrrole nitrogens is 1. The number of nitro groups is 1. The number of hydrogen-bond acceptors (Lipinski definition) is 12. The molecule has 0 saturated carbocycles. The SMILES string of the molecule is CCCCN(CCCC)S(=O)(=O)c1ccc(Cl)cc1.COP(=S)(OC)Oc1ccc([N+](=O)[O-])cc1Cl.COc1c(Cl)ccc(Cl)c1C(=O)O.N#Cc1c(Cl)cccc1Cl.c1c[nH]cn1. The van der Waals surface area contributed by atoms with Crippen molar-refractivity contribution in [3.05, 3.63) is 143 Å². The minimum atomic E-state index is -3.39. The van der Waals surface area contributed by atoms with Crippen LogP contribution < -0.4 is 9.26 Å². The number of rotatable bonds is 15. The summed E-state index contributed by atoms with van der Waals surface area (Å²) in [5.74, 6) is -0.893. The topological polar surface area (TPSA) is 207 Å². The lowest BCUT2D eigenvalue weighted by Crippen LogP contribution is -2.33. The van der Waals surface area contributed by atoms with Crippen LogP contribution in [0.1, 0.15) is 55.5 Å². The molecule has 15 nitrogen and oxygen atoms in total. The van der Waals surface area contributed by atoms with Crippen molar-refractivity contribution in [1.82, 2.24) is 14.3 Å². The summed E-state index contributed by atoms with van der Waals surface area (Å²) in [6, 6.07) is 19.9. The molecule has 0 amide bonds. The van der Waals surface area contributed by atoms with Crippen molar-refractivity contribution in [2.24, 2.45) is 0 Å². The van der Waals surface area contributed by atoms with Gasteiger partial charge in [0.1, 0.15) is 17.4 Å². The van der Waals surface area contributed by atoms with Gasteiger partial charge in [-0.3, -0.25) is 10.1 Å². The Kier molecular flexibility index (Phi) is 27.7. The molecule has 0 aliphatic carbocycles. The van der Waals surface area contributed by atoms with E-state index in [1.54, 1.807) is 65.5 Å². The van der Waals surface area contributed by atoms with E-state index in [9.17, 15) is 23.3 Å². The summed E-state index contributed by atoms with van der Waals surface area (Å²) >= 11 is 39.2. The highest BCUT2D eigenvalue weighted by Crippen LogP contribution is 2.50. The van der Waals surface area contributed by atoms with Gasteiger partial charge in [-0.05, 0) is 67.4 Å². The molecular weight excluding hydrogens is 1020 g/mol. The van der Waals surface area contributed by atoms with E-state index in [1.165, 1.54) is 51.7 Å². The van der Waals surface area contributed by atoms with Crippen molar-refractivity contribution in [3.63, 3.8) is 0 Å². The van der Waals surface area contributed by atoms with Gasteiger partial charge in [0.15, 0.2) is 5.75 Å². The number of nitrogens with one attached hydrogen (secondary N) is 1. The number of nitro benzene ring substituents is 1. The maximum Gasteiger partial charge on any atom is 0.380 e. The summed E-state index contributed by atoms with van der Waals surface area (Å²) in [7, 11) is 0.651. The van der Waals surface area contributed by atoms with Crippen LogP contribution in [-0.4, -0.2) is 73.1 Å². The predicted molar refractivity (Wildman–Crippen MR) is 257 cm³/mol. The monoisotopic (exact) mass is 1060 g/mol. The molecule has 0 saturated heterocycles. The number of methoxy groups -OCH3 is 1. The number of halogens is 6. The van der Waals surface area contributed by atoms with Crippen LogP contribution in [0.5, 0.6) is 11.5 Å².